The minimum atomic E-state index is 0.285. The van der Waals surface area contributed by atoms with Crippen LogP contribution in [0.25, 0.3) is 21.5 Å². The summed E-state index contributed by atoms with van der Waals surface area (Å²) in [6, 6.07) is 91.0. The summed E-state index contributed by atoms with van der Waals surface area (Å²) in [5.74, 6) is 2.12. The summed E-state index contributed by atoms with van der Waals surface area (Å²) in [6.45, 7) is 45.8. The number of rotatable bonds is 11. The van der Waals surface area contributed by atoms with Gasteiger partial charge in [0.1, 0.15) is 0 Å². The molecule has 0 aliphatic rings. The second kappa shape index (κ2) is 45.3. The molecule has 504 valence electrons. The molecule has 0 saturated heterocycles. The van der Waals surface area contributed by atoms with Gasteiger partial charge in [0.05, 0.1) is 0 Å². The highest BCUT2D eigenvalue weighted by Gasteiger charge is 2.12. The monoisotopic (exact) mass is 1260 g/mol. The first kappa shape index (κ1) is 81.2. The van der Waals surface area contributed by atoms with Gasteiger partial charge in [0.25, 0.3) is 0 Å². The lowest BCUT2D eigenvalue weighted by molar-refractivity contribution is 0.590. The van der Waals surface area contributed by atoms with Gasteiger partial charge in [-0.3, -0.25) is 0 Å². The normalized spacial score (nSPS) is 10.6. The lowest BCUT2D eigenvalue weighted by Gasteiger charge is -2.18. The Bertz CT molecular complexity index is 3710. The Morgan fingerprint density at radius 2 is 0.695 bits per heavy atom. The molecule has 0 aromatic heterocycles. The molecule has 1 unspecified atom stereocenters. The molecule has 0 saturated carbocycles. The number of hydrogen-bond donors (Lipinski definition) is 0. The number of fused-ring (bicyclic) bond motifs is 2. The van der Waals surface area contributed by atoms with E-state index in [9.17, 15) is 0 Å². The Balaban J connectivity index is 0.000000279. The molecule has 0 aliphatic carbocycles. The van der Waals surface area contributed by atoms with E-state index in [1.807, 2.05) is 0 Å². The molecule has 11 aromatic rings. The average Bonchev–Trinajstić information content (AvgIpc) is 1.10. The summed E-state index contributed by atoms with van der Waals surface area (Å²) in [6.07, 6.45) is 9.83. The molecule has 1 atom stereocenters. The molecule has 11 rings (SSSR count). The van der Waals surface area contributed by atoms with E-state index in [0.29, 0.717) is 11.8 Å². The van der Waals surface area contributed by atoms with Crippen LogP contribution < -0.4 is 0 Å². The Morgan fingerprint density at radius 3 is 1.11 bits per heavy atom. The van der Waals surface area contributed by atoms with Crippen molar-refractivity contribution in [1.82, 2.24) is 0 Å². The molecular formula is C95H124. The van der Waals surface area contributed by atoms with E-state index >= 15 is 0 Å². The SMILES string of the molecule is CCC(C)c1ccc(C)cc1.CCCCc1ccc(C)cc1.CCCc1ccc(C)cc1.CCc1ccc(C)cc1.Cc1ccc(C(C)(C)C)cc1.Cc1ccc(C(C)C)cc1.Cc1ccc(CC(C)C)cc1.Cc1ccc2ccccc2c1.Cc1cccc2ccccc12. The molecule has 0 fully saturated rings. The lowest BCUT2D eigenvalue weighted by Crippen LogP contribution is -2.10. The third-order valence-corrected chi connectivity index (χ3v) is 16.7. The van der Waals surface area contributed by atoms with Crippen molar-refractivity contribution >= 4 is 21.5 Å². The molecule has 0 amide bonds. The first-order valence-electron chi connectivity index (χ1n) is 35.7. The van der Waals surface area contributed by atoms with Gasteiger partial charge < -0.3 is 0 Å². The van der Waals surface area contributed by atoms with E-state index in [4.69, 9.17) is 0 Å². The highest BCUT2D eigenvalue weighted by atomic mass is 14.2. The van der Waals surface area contributed by atoms with Crippen LogP contribution in [-0.4, -0.2) is 0 Å². The van der Waals surface area contributed by atoms with Crippen molar-refractivity contribution in [1.29, 1.82) is 0 Å². The van der Waals surface area contributed by atoms with E-state index < -0.39 is 0 Å². The Hall–Kier alpha value is -8.06. The second-order valence-corrected chi connectivity index (χ2v) is 27.8. The molecule has 0 bridgehead atoms. The zero-order valence-corrected chi connectivity index (χ0v) is 63.1. The van der Waals surface area contributed by atoms with Gasteiger partial charge >= 0.3 is 0 Å². The Morgan fingerprint density at radius 1 is 0.316 bits per heavy atom. The molecule has 0 N–H and O–H groups in total. The fourth-order valence-corrected chi connectivity index (χ4v) is 10.0. The van der Waals surface area contributed by atoms with Crippen molar-refractivity contribution in [3.05, 3.63) is 344 Å². The van der Waals surface area contributed by atoms with Gasteiger partial charge in [0.2, 0.25) is 0 Å². The summed E-state index contributed by atoms with van der Waals surface area (Å²) < 4.78 is 0. The van der Waals surface area contributed by atoms with Gasteiger partial charge in [-0.1, -0.05) is 395 Å². The maximum atomic E-state index is 2.27. The number of hydrogen-bond acceptors (Lipinski definition) is 0. The van der Waals surface area contributed by atoms with Crippen LogP contribution in [0.3, 0.4) is 0 Å². The number of unbranched alkanes of at least 4 members (excludes halogenated alkanes) is 1. The van der Waals surface area contributed by atoms with Crippen LogP contribution in [0.15, 0.2) is 255 Å². The molecule has 11 aromatic carbocycles. The van der Waals surface area contributed by atoms with Crippen molar-refractivity contribution in [2.45, 2.75) is 214 Å². The minimum Gasteiger partial charge on any atom is -0.0654 e. The average molecular weight is 1270 g/mol. The van der Waals surface area contributed by atoms with Gasteiger partial charge in [-0.2, -0.15) is 0 Å². The maximum absolute atomic E-state index is 2.27. The van der Waals surface area contributed by atoms with E-state index in [1.165, 1.54) is 156 Å². The lowest BCUT2D eigenvalue weighted by atomic mass is 9.87. The summed E-state index contributed by atoms with van der Waals surface area (Å²) in [7, 11) is 0. The number of benzene rings is 11. The van der Waals surface area contributed by atoms with Crippen LogP contribution in [0, 0.1) is 68.2 Å². The molecular weight excluding hydrogens is 1140 g/mol. The van der Waals surface area contributed by atoms with Gasteiger partial charge in [-0.05, 0) is 190 Å². The fourth-order valence-electron chi connectivity index (χ4n) is 10.0. The summed E-state index contributed by atoms with van der Waals surface area (Å²) in [4.78, 5) is 0. The van der Waals surface area contributed by atoms with E-state index in [0.717, 1.165) is 12.3 Å². The first-order valence-corrected chi connectivity index (χ1v) is 35.7. The summed E-state index contributed by atoms with van der Waals surface area (Å²) >= 11 is 0. The standard InChI is InChI=1S/2C11H10.4C11H16.2C10H14.C9H12/c1-9-5-4-7-10-6-2-3-8-11(9)10;1-9-6-7-10-4-2-3-5-11(10)8-9;1-9-5-7-10(8-6-9)11(2,3)4;1-9(2)8-11-6-4-10(3)5-7-11;1-4-10(3)11-7-5-9(2)6-8-11;1-3-4-5-11-8-6-10(2)7-9-11;1-8(2)10-6-4-9(3)5-7-10;1-3-4-10-7-5-9(2)6-8-10;1-3-9-6-4-8(2)5-7-9/h2*2-8H,1H3;5-8H,1-4H3;4-7,9H,8H2,1-3H3;5-8,10H,4H2,1-3H3;6-9H,3-5H2,1-2H3;4-8H,1-3H3;5-8H,3-4H2,1-2H3;4-7H,3H2,1-2H3. The largest absolute Gasteiger partial charge is 0.0654 e. The van der Waals surface area contributed by atoms with E-state index in [1.54, 1.807) is 0 Å². The summed E-state index contributed by atoms with van der Waals surface area (Å²) in [5.41, 5.74) is 22.4. The molecule has 0 spiro atoms. The van der Waals surface area contributed by atoms with Crippen LogP contribution >= 0.6 is 0 Å². The zero-order chi connectivity index (χ0) is 70.1. The quantitative estimate of drug-likeness (QED) is 0.121. The van der Waals surface area contributed by atoms with Crippen molar-refractivity contribution < 1.29 is 0 Å². The smallest absolute Gasteiger partial charge is 0.0132 e. The zero-order valence-electron chi connectivity index (χ0n) is 63.1. The third-order valence-electron chi connectivity index (χ3n) is 16.7. The van der Waals surface area contributed by atoms with Gasteiger partial charge in [-0.25, -0.2) is 0 Å². The predicted octanol–water partition coefficient (Wildman–Crippen LogP) is 28.3. The fraction of sp³-hybridized carbons (Fsp3) is 0.347. The van der Waals surface area contributed by atoms with Crippen LogP contribution in [0.4, 0.5) is 0 Å². The second-order valence-electron chi connectivity index (χ2n) is 27.8. The highest BCUT2D eigenvalue weighted by Crippen LogP contribution is 2.23. The van der Waals surface area contributed by atoms with Crippen molar-refractivity contribution in [2.75, 3.05) is 0 Å². The number of aryl methyl sites for hydroxylation is 12. The molecule has 0 heterocycles. The van der Waals surface area contributed by atoms with Gasteiger partial charge in [0.15, 0.2) is 0 Å². The topological polar surface area (TPSA) is 0 Å². The molecule has 95 heavy (non-hydrogen) atoms. The van der Waals surface area contributed by atoms with Gasteiger partial charge in [0, 0.05) is 0 Å². The van der Waals surface area contributed by atoms with Gasteiger partial charge in [-0.15, -0.1) is 0 Å². The van der Waals surface area contributed by atoms with Crippen LogP contribution in [0.2, 0.25) is 0 Å². The Kier molecular flexibility index (Phi) is 38.7. The van der Waals surface area contributed by atoms with Crippen LogP contribution in [0.5, 0.6) is 0 Å². The minimum absolute atomic E-state index is 0.285. The molecule has 0 radical (unpaired) electrons. The molecule has 0 heteroatoms. The van der Waals surface area contributed by atoms with Crippen LogP contribution in [-0.2, 0) is 31.1 Å². The molecule has 0 aliphatic heterocycles. The van der Waals surface area contributed by atoms with Crippen molar-refractivity contribution in [2.24, 2.45) is 5.92 Å². The molecule has 0 nitrogen and oxygen atoms in total. The third kappa shape index (κ3) is 34.8. The maximum Gasteiger partial charge on any atom is -0.0132 e. The van der Waals surface area contributed by atoms with Crippen LogP contribution in [0.1, 0.15) is 210 Å². The van der Waals surface area contributed by atoms with E-state index in [-0.39, 0.29) is 5.41 Å². The van der Waals surface area contributed by atoms with E-state index in [2.05, 4.69) is 400 Å². The summed E-state index contributed by atoms with van der Waals surface area (Å²) in [5, 5.41) is 5.33. The Labute approximate surface area is 581 Å². The predicted molar refractivity (Wildman–Crippen MR) is 428 cm³/mol. The highest BCUT2D eigenvalue weighted by molar-refractivity contribution is 5.85. The van der Waals surface area contributed by atoms with Crippen molar-refractivity contribution in [3.8, 4) is 0 Å². The van der Waals surface area contributed by atoms with Crippen molar-refractivity contribution in [3.63, 3.8) is 0 Å². The first-order chi connectivity index (χ1) is 45.3.